The molecule has 0 atom stereocenters. The third kappa shape index (κ3) is 3.67. The Balaban J connectivity index is 1.56. The van der Waals surface area contributed by atoms with E-state index in [1.54, 1.807) is 0 Å². The van der Waals surface area contributed by atoms with Crippen molar-refractivity contribution >= 4 is 11.9 Å². The lowest BCUT2D eigenvalue weighted by molar-refractivity contribution is 0.272. The Morgan fingerprint density at radius 2 is 1.59 bits per heavy atom. The second-order valence-corrected chi connectivity index (χ2v) is 5.93. The van der Waals surface area contributed by atoms with Crippen LogP contribution in [0.2, 0.25) is 0 Å². The first kappa shape index (κ1) is 14.6. The molecule has 2 aromatic carbocycles. The fourth-order valence-corrected chi connectivity index (χ4v) is 2.72. The van der Waals surface area contributed by atoms with E-state index in [0.29, 0.717) is 0 Å². The average molecular weight is 293 g/mol. The molecular formula is C19H23N3. The maximum absolute atomic E-state index is 4.62. The maximum atomic E-state index is 4.62. The summed E-state index contributed by atoms with van der Waals surface area (Å²) >= 11 is 0. The summed E-state index contributed by atoms with van der Waals surface area (Å²) in [5.41, 5.74) is 5.06. The fourth-order valence-electron chi connectivity index (χ4n) is 2.72. The molecule has 3 nitrogen and oxygen atoms in total. The van der Waals surface area contributed by atoms with Gasteiger partial charge in [0.05, 0.1) is 19.3 Å². The van der Waals surface area contributed by atoms with Crippen molar-refractivity contribution in [1.82, 2.24) is 5.01 Å². The monoisotopic (exact) mass is 293 g/mol. The molecule has 1 aliphatic rings. The number of benzene rings is 2. The van der Waals surface area contributed by atoms with Crippen LogP contribution in [0.4, 0.5) is 5.69 Å². The van der Waals surface area contributed by atoms with E-state index in [-0.39, 0.29) is 0 Å². The molecule has 0 amide bonds. The summed E-state index contributed by atoms with van der Waals surface area (Å²) in [5.74, 6) is 0. The van der Waals surface area contributed by atoms with Crippen molar-refractivity contribution in [3.05, 3.63) is 65.2 Å². The van der Waals surface area contributed by atoms with Crippen LogP contribution in [-0.4, -0.2) is 37.4 Å². The number of anilines is 1. The second kappa shape index (κ2) is 6.65. The molecule has 0 spiro atoms. The van der Waals surface area contributed by atoms with Gasteiger partial charge in [0.2, 0.25) is 0 Å². The van der Waals surface area contributed by atoms with Gasteiger partial charge in [-0.2, -0.15) is 5.10 Å². The summed E-state index contributed by atoms with van der Waals surface area (Å²) in [7, 11) is 0. The average Bonchev–Trinajstić information content (AvgIpc) is 2.54. The molecule has 0 aliphatic carbocycles. The van der Waals surface area contributed by atoms with Crippen LogP contribution in [0, 0.1) is 13.8 Å². The summed E-state index contributed by atoms with van der Waals surface area (Å²) in [5, 5.41) is 6.78. The van der Waals surface area contributed by atoms with Gasteiger partial charge in [0.25, 0.3) is 0 Å². The quantitative estimate of drug-likeness (QED) is 0.807. The molecule has 0 N–H and O–H groups in total. The molecule has 0 bridgehead atoms. The first-order chi connectivity index (χ1) is 10.7. The fraction of sp³-hybridized carbons (Fsp3) is 0.316. The Hall–Kier alpha value is -2.29. The van der Waals surface area contributed by atoms with Crippen molar-refractivity contribution in [2.45, 2.75) is 13.8 Å². The SMILES string of the molecule is Cc1ccc(N2CCN(N=Cc3cccc(C)c3)CC2)cc1. The molecular weight excluding hydrogens is 270 g/mol. The van der Waals surface area contributed by atoms with Crippen molar-refractivity contribution in [3.8, 4) is 0 Å². The Morgan fingerprint density at radius 3 is 2.27 bits per heavy atom. The van der Waals surface area contributed by atoms with Gasteiger partial charge in [-0.3, -0.25) is 5.01 Å². The molecule has 1 fully saturated rings. The molecule has 1 aliphatic heterocycles. The second-order valence-electron chi connectivity index (χ2n) is 5.93. The van der Waals surface area contributed by atoms with Crippen molar-refractivity contribution in [2.24, 2.45) is 5.10 Å². The van der Waals surface area contributed by atoms with Gasteiger partial charge in [-0.05, 0) is 31.5 Å². The Kier molecular flexibility index (Phi) is 4.42. The Labute approximate surface area is 132 Å². The number of nitrogens with zero attached hydrogens (tertiary/aromatic N) is 3. The molecule has 3 heteroatoms. The number of hydrazone groups is 1. The lowest BCUT2D eigenvalue weighted by Gasteiger charge is -2.34. The highest BCUT2D eigenvalue weighted by Crippen LogP contribution is 2.17. The van der Waals surface area contributed by atoms with Crippen LogP contribution in [-0.2, 0) is 0 Å². The van der Waals surface area contributed by atoms with Crippen molar-refractivity contribution in [2.75, 3.05) is 31.1 Å². The summed E-state index contributed by atoms with van der Waals surface area (Å²) in [6, 6.07) is 17.2. The van der Waals surface area contributed by atoms with E-state index >= 15 is 0 Å². The minimum atomic E-state index is 0.968. The van der Waals surface area contributed by atoms with Gasteiger partial charge in [-0.1, -0.05) is 47.5 Å². The van der Waals surface area contributed by atoms with Crippen LogP contribution < -0.4 is 4.90 Å². The lowest BCUT2D eigenvalue weighted by atomic mass is 10.2. The summed E-state index contributed by atoms with van der Waals surface area (Å²) < 4.78 is 0. The number of piperazine rings is 1. The number of hydrogen-bond donors (Lipinski definition) is 0. The lowest BCUT2D eigenvalue weighted by Crippen LogP contribution is -2.44. The maximum Gasteiger partial charge on any atom is 0.0543 e. The normalized spacial score (nSPS) is 15.5. The topological polar surface area (TPSA) is 18.8 Å². The molecule has 3 rings (SSSR count). The van der Waals surface area contributed by atoms with Crippen LogP contribution in [0.1, 0.15) is 16.7 Å². The smallest absolute Gasteiger partial charge is 0.0543 e. The molecule has 0 saturated carbocycles. The van der Waals surface area contributed by atoms with Gasteiger partial charge in [-0.15, -0.1) is 0 Å². The van der Waals surface area contributed by atoms with Gasteiger partial charge < -0.3 is 4.90 Å². The van der Waals surface area contributed by atoms with Crippen LogP contribution in [0.15, 0.2) is 53.6 Å². The van der Waals surface area contributed by atoms with Crippen LogP contribution in [0.3, 0.4) is 0 Å². The standard InChI is InChI=1S/C19H23N3/c1-16-6-8-19(9-7-16)21-10-12-22(13-11-21)20-15-18-5-3-4-17(2)14-18/h3-9,14-15H,10-13H2,1-2H3. The van der Waals surface area contributed by atoms with E-state index < -0.39 is 0 Å². The van der Waals surface area contributed by atoms with Gasteiger partial charge in [0, 0.05) is 18.8 Å². The minimum Gasteiger partial charge on any atom is -0.368 e. The van der Waals surface area contributed by atoms with E-state index in [4.69, 9.17) is 0 Å². The summed E-state index contributed by atoms with van der Waals surface area (Å²) in [4.78, 5) is 2.43. The highest BCUT2D eigenvalue weighted by Gasteiger charge is 2.15. The van der Waals surface area contributed by atoms with Crippen molar-refractivity contribution in [3.63, 3.8) is 0 Å². The Bertz CT molecular complexity index is 638. The van der Waals surface area contributed by atoms with Gasteiger partial charge in [0.1, 0.15) is 0 Å². The molecule has 0 unspecified atom stereocenters. The van der Waals surface area contributed by atoms with E-state index in [9.17, 15) is 0 Å². The minimum absolute atomic E-state index is 0.968. The predicted molar refractivity (Wildman–Crippen MR) is 93.7 cm³/mol. The molecule has 1 saturated heterocycles. The summed E-state index contributed by atoms with van der Waals surface area (Å²) in [6.07, 6.45) is 1.97. The van der Waals surface area contributed by atoms with Gasteiger partial charge in [-0.25, -0.2) is 0 Å². The number of aryl methyl sites for hydroxylation is 2. The highest BCUT2D eigenvalue weighted by molar-refractivity contribution is 5.79. The van der Waals surface area contributed by atoms with E-state index in [0.717, 1.165) is 26.2 Å². The first-order valence-corrected chi connectivity index (χ1v) is 7.88. The van der Waals surface area contributed by atoms with E-state index in [2.05, 4.69) is 77.4 Å². The number of rotatable bonds is 3. The zero-order chi connectivity index (χ0) is 15.4. The molecule has 0 aromatic heterocycles. The van der Waals surface area contributed by atoms with Crippen molar-refractivity contribution in [1.29, 1.82) is 0 Å². The molecule has 2 aromatic rings. The van der Waals surface area contributed by atoms with Gasteiger partial charge in [0.15, 0.2) is 0 Å². The van der Waals surface area contributed by atoms with E-state index in [1.807, 2.05) is 6.21 Å². The van der Waals surface area contributed by atoms with Gasteiger partial charge >= 0.3 is 0 Å². The van der Waals surface area contributed by atoms with Crippen molar-refractivity contribution < 1.29 is 0 Å². The third-order valence-corrected chi connectivity index (χ3v) is 4.07. The zero-order valence-corrected chi connectivity index (χ0v) is 13.4. The highest BCUT2D eigenvalue weighted by atomic mass is 15.5. The largest absolute Gasteiger partial charge is 0.368 e. The Morgan fingerprint density at radius 1 is 0.864 bits per heavy atom. The van der Waals surface area contributed by atoms with Crippen LogP contribution in [0.5, 0.6) is 0 Å². The van der Waals surface area contributed by atoms with E-state index in [1.165, 1.54) is 22.4 Å². The summed E-state index contributed by atoms with van der Waals surface area (Å²) in [6.45, 7) is 8.22. The predicted octanol–water partition coefficient (Wildman–Crippen LogP) is 3.46. The zero-order valence-electron chi connectivity index (χ0n) is 13.4. The van der Waals surface area contributed by atoms with Crippen LogP contribution in [0.25, 0.3) is 0 Å². The molecule has 22 heavy (non-hydrogen) atoms. The van der Waals surface area contributed by atoms with Crippen LogP contribution >= 0.6 is 0 Å². The first-order valence-electron chi connectivity index (χ1n) is 7.88. The molecule has 114 valence electrons. The number of hydrogen-bond acceptors (Lipinski definition) is 3. The molecule has 1 heterocycles. The molecule has 0 radical (unpaired) electrons. The third-order valence-electron chi connectivity index (χ3n) is 4.07.